The van der Waals surface area contributed by atoms with Crippen molar-refractivity contribution in [1.82, 2.24) is 10.2 Å². The molecule has 0 saturated heterocycles. The first-order chi connectivity index (χ1) is 6.15. The molecule has 1 rings (SSSR count). The standard InChI is InChI=1S/C9H14N4/c1-4-6(2)8-5-11-13-9(8)12-7(3)10/h4-5H,1-3H3,(H3,10,11,12,13)/b6-4-. The maximum Gasteiger partial charge on any atom is 0.157 e. The van der Waals surface area contributed by atoms with Crippen LogP contribution in [0.3, 0.4) is 0 Å². The molecule has 0 unspecified atom stereocenters. The van der Waals surface area contributed by atoms with Crippen molar-refractivity contribution in [3.63, 3.8) is 0 Å². The van der Waals surface area contributed by atoms with E-state index in [1.165, 1.54) is 0 Å². The van der Waals surface area contributed by atoms with E-state index in [0.717, 1.165) is 17.0 Å². The summed E-state index contributed by atoms with van der Waals surface area (Å²) in [5.74, 6) is 1.24. The van der Waals surface area contributed by atoms with Crippen molar-refractivity contribution in [2.45, 2.75) is 20.8 Å². The van der Waals surface area contributed by atoms with Crippen LogP contribution in [0.4, 0.5) is 5.82 Å². The maximum atomic E-state index is 5.48. The smallest absolute Gasteiger partial charge is 0.157 e. The first kappa shape index (κ1) is 9.51. The van der Waals surface area contributed by atoms with Crippen molar-refractivity contribution in [2.24, 2.45) is 10.7 Å². The van der Waals surface area contributed by atoms with Crippen LogP contribution in [0.2, 0.25) is 0 Å². The molecule has 70 valence electrons. The third kappa shape index (κ3) is 2.18. The van der Waals surface area contributed by atoms with Crippen LogP contribution in [0.25, 0.3) is 5.57 Å². The highest BCUT2D eigenvalue weighted by Gasteiger charge is 2.04. The SMILES string of the molecule is C/C=C(/C)c1cn[nH]c1N=C(C)N. The molecule has 0 atom stereocenters. The summed E-state index contributed by atoms with van der Waals surface area (Å²) >= 11 is 0. The van der Waals surface area contributed by atoms with Gasteiger partial charge in [-0.1, -0.05) is 6.08 Å². The van der Waals surface area contributed by atoms with Crippen LogP contribution >= 0.6 is 0 Å². The minimum Gasteiger partial charge on any atom is -0.387 e. The van der Waals surface area contributed by atoms with Crippen LogP contribution in [0, 0.1) is 0 Å². The molecule has 4 nitrogen and oxygen atoms in total. The molecule has 0 aliphatic heterocycles. The number of allylic oxidation sites excluding steroid dienone is 2. The second-order valence-corrected chi connectivity index (χ2v) is 2.86. The van der Waals surface area contributed by atoms with E-state index < -0.39 is 0 Å². The van der Waals surface area contributed by atoms with Gasteiger partial charge >= 0.3 is 0 Å². The van der Waals surface area contributed by atoms with Gasteiger partial charge in [-0.25, -0.2) is 4.99 Å². The molecule has 0 aliphatic carbocycles. The van der Waals surface area contributed by atoms with Gasteiger partial charge in [0.15, 0.2) is 5.82 Å². The van der Waals surface area contributed by atoms with E-state index in [1.807, 2.05) is 19.9 Å². The summed E-state index contributed by atoms with van der Waals surface area (Å²) in [6, 6.07) is 0. The molecule has 0 aliphatic rings. The highest BCUT2D eigenvalue weighted by molar-refractivity contribution is 5.82. The molecule has 0 spiro atoms. The average molecular weight is 178 g/mol. The van der Waals surface area contributed by atoms with Gasteiger partial charge in [0.05, 0.1) is 12.0 Å². The lowest BCUT2D eigenvalue weighted by Gasteiger charge is -1.97. The summed E-state index contributed by atoms with van der Waals surface area (Å²) in [4.78, 5) is 4.12. The van der Waals surface area contributed by atoms with Gasteiger partial charge in [-0.2, -0.15) is 5.10 Å². The van der Waals surface area contributed by atoms with Gasteiger partial charge in [-0.15, -0.1) is 0 Å². The lowest BCUT2D eigenvalue weighted by Crippen LogP contribution is -2.04. The number of H-pyrrole nitrogens is 1. The zero-order valence-electron chi connectivity index (χ0n) is 8.13. The fourth-order valence-corrected chi connectivity index (χ4v) is 0.985. The maximum absolute atomic E-state index is 5.48. The van der Waals surface area contributed by atoms with Gasteiger partial charge in [0.2, 0.25) is 0 Å². The lowest BCUT2D eigenvalue weighted by atomic mass is 10.1. The third-order valence-corrected chi connectivity index (χ3v) is 1.77. The van der Waals surface area contributed by atoms with Crippen molar-refractivity contribution in [2.75, 3.05) is 0 Å². The summed E-state index contributed by atoms with van der Waals surface area (Å²) in [6.45, 7) is 5.73. The first-order valence-corrected chi connectivity index (χ1v) is 4.12. The highest BCUT2D eigenvalue weighted by atomic mass is 15.2. The minimum absolute atomic E-state index is 0.523. The van der Waals surface area contributed by atoms with Crippen LogP contribution in [0.15, 0.2) is 17.3 Å². The molecular weight excluding hydrogens is 164 g/mol. The number of aromatic amines is 1. The van der Waals surface area contributed by atoms with Gasteiger partial charge in [0, 0.05) is 5.56 Å². The minimum atomic E-state index is 0.523. The first-order valence-electron chi connectivity index (χ1n) is 4.12. The number of hydrogen-bond donors (Lipinski definition) is 2. The molecule has 0 fully saturated rings. The Balaban J connectivity index is 3.10. The molecular formula is C9H14N4. The summed E-state index contributed by atoms with van der Waals surface area (Å²) in [5, 5.41) is 6.71. The van der Waals surface area contributed by atoms with Crippen molar-refractivity contribution in [3.05, 3.63) is 17.8 Å². The molecule has 0 aromatic carbocycles. The Labute approximate surface area is 77.6 Å². The fourth-order valence-electron chi connectivity index (χ4n) is 0.985. The molecule has 1 aromatic rings. The van der Waals surface area contributed by atoms with Crippen LogP contribution in [-0.4, -0.2) is 16.0 Å². The normalized spacial score (nSPS) is 13.5. The molecule has 0 amide bonds. The molecule has 0 radical (unpaired) electrons. The number of nitrogens with one attached hydrogen (secondary N) is 1. The molecule has 13 heavy (non-hydrogen) atoms. The third-order valence-electron chi connectivity index (χ3n) is 1.77. The van der Waals surface area contributed by atoms with E-state index in [4.69, 9.17) is 5.73 Å². The largest absolute Gasteiger partial charge is 0.387 e. The molecule has 0 saturated carbocycles. The average Bonchev–Trinajstić information content (AvgIpc) is 2.50. The van der Waals surface area contributed by atoms with E-state index in [0.29, 0.717) is 5.84 Å². The monoisotopic (exact) mass is 178 g/mol. The summed E-state index contributed by atoms with van der Waals surface area (Å²) in [5.41, 5.74) is 7.60. The summed E-state index contributed by atoms with van der Waals surface area (Å²) < 4.78 is 0. The predicted molar refractivity (Wildman–Crippen MR) is 54.9 cm³/mol. The second-order valence-electron chi connectivity index (χ2n) is 2.86. The van der Waals surface area contributed by atoms with E-state index in [9.17, 15) is 0 Å². The van der Waals surface area contributed by atoms with Crippen molar-refractivity contribution in [1.29, 1.82) is 0 Å². The van der Waals surface area contributed by atoms with Crippen LogP contribution in [0.1, 0.15) is 26.3 Å². The number of amidine groups is 1. The zero-order valence-corrected chi connectivity index (χ0v) is 8.13. The van der Waals surface area contributed by atoms with Gasteiger partial charge in [0.1, 0.15) is 0 Å². The lowest BCUT2D eigenvalue weighted by molar-refractivity contribution is 1.08. The second kappa shape index (κ2) is 3.89. The molecule has 1 aromatic heterocycles. The Kier molecular flexibility index (Phi) is 2.84. The highest BCUT2D eigenvalue weighted by Crippen LogP contribution is 2.22. The van der Waals surface area contributed by atoms with Gasteiger partial charge in [0.25, 0.3) is 0 Å². The van der Waals surface area contributed by atoms with E-state index in [1.54, 1.807) is 13.1 Å². The van der Waals surface area contributed by atoms with Gasteiger partial charge in [-0.3, -0.25) is 5.10 Å². The van der Waals surface area contributed by atoms with Crippen LogP contribution in [0.5, 0.6) is 0 Å². The van der Waals surface area contributed by atoms with Crippen LogP contribution in [-0.2, 0) is 0 Å². The van der Waals surface area contributed by atoms with Crippen molar-refractivity contribution < 1.29 is 0 Å². The van der Waals surface area contributed by atoms with Crippen molar-refractivity contribution in [3.8, 4) is 0 Å². The van der Waals surface area contributed by atoms with E-state index in [2.05, 4.69) is 15.2 Å². The molecule has 1 heterocycles. The predicted octanol–water partition coefficient (Wildman–Crippen LogP) is 1.84. The van der Waals surface area contributed by atoms with Gasteiger partial charge < -0.3 is 5.73 Å². The van der Waals surface area contributed by atoms with Crippen LogP contribution < -0.4 is 5.73 Å². The molecule has 4 heteroatoms. The number of hydrogen-bond acceptors (Lipinski definition) is 2. The number of aromatic nitrogens is 2. The quantitative estimate of drug-likeness (QED) is 0.536. The summed E-state index contributed by atoms with van der Waals surface area (Å²) in [7, 11) is 0. The Bertz CT molecular complexity index is 342. The number of nitrogens with zero attached hydrogens (tertiary/aromatic N) is 2. The number of rotatable bonds is 2. The fraction of sp³-hybridized carbons (Fsp3) is 0.333. The Hall–Kier alpha value is -1.58. The summed E-state index contributed by atoms with van der Waals surface area (Å²) in [6.07, 6.45) is 3.76. The topological polar surface area (TPSA) is 67.1 Å². The Morgan fingerprint density at radius 1 is 1.62 bits per heavy atom. The van der Waals surface area contributed by atoms with Gasteiger partial charge in [-0.05, 0) is 26.3 Å². The Morgan fingerprint density at radius 2 is 2.31 bits per heavy atom. The molecule has 3 N–H and O–H groups in total. The number of aliphatic imine (C=N–C) groups is 1. The number of nitrogens with two attached hydrogens (primary N) is 1. The zero-order chi connectivity index (χ0) is 9.84. The van der Waals surface area contributed by atoms with E-state index >= 15 is 0 Å². The van der Waals surface area contributed by atoms with E-state index in [-0.39, 0.29) is 0 Å². The van der Waals surface area contributed by atoms with Crippen molar-refractivity contribution >= 4 is 17.2 Å². The Morgan fingerprint density at radius 3 is 2.85 bits per heavy atom. The molecule has 0 bridgehead atoms.